The molecule has 0 spiro atoms. The summed E-state index contributed by atoms with van der Waals surface area (Å²) in [4.78, 5) is 14.9. The average Bonchev–Trinajstić information content (AvgIpc) is 2.72. The van der Waals surface area contributed by atoms with Gasteiger partial charge < -0.3 is 9.84 Å². The Bertz CT molecular complexity index is 1060. The fourth-order valence-electron chi connectivity index (χ4n) is 2.35. The summed E-state index contributed by atoms with van der Waals surface area (Å²) in [6.45, 7) is 0.443. The molecule has 1 heterocycles. The summed E-state index contributed by atoms with van der Waals surface area (Å²) in [5.41, 5.74) is 4.05. The monoisotopic (exact) mass is 449 g/mol. The molecule has 29 heavy (non-hydrogen) atoms. The lowest BCUT2D eigenvalue weighted by Gasteiger charge is -2.09. The second-order valence-electron chi connectivity index (χ2n) is 5.78. The molecule has 0 aliphatic carbocycles. The van der Waals surface area contributed by atoms with E-state index in [2.05, 4.69) is 15.5 Å². The standard InChI is InChI=1S/C20H14Cl3N3O3/c21-15-17(16(22)19(23)25-18(15)20(27)28)26-24-10-13-7-4-8-14(9-13)29-11-12-5-2-1-3-6-12/h1-10H,11H2,(H,25,26)(H,27,28). The zero-order valence-corrected chi connectivity index (χ0v) is 17.0. The fraction of sp³-hybridized carbons (Fsp3) is 0.0500. The van der Waals surface area contributed by atoms with E-state index in [0.29, 0.717) is 12.4 Å². The minimum atomic E-state index is -1.33. The molecule has 0 saturated carbocycles. The molecule has 0 amide bonds. The predicted molar refractivity (Wildman–Crippen MR) is 115 cm³/mol. The van der Waals surface area contributed by atoms with Crippen molar-refractivity contribution in [2.75, 3.05) is 5.43 Å². The second-order valence-corrected chi connectivity index (χ2v) is 6.89. The highest BCUT2D eigenvalue weighted by Gasteiger charge is 2.20. The van der Waals surface area contributed by atoms with E-state index in [0.717, 1.165) is 11.1 Å². The van der Waals surface area contributed by atoms with Crippen molar-refractivity contribution in [3.05, 3.63) is 86.6 Å². The SMILES string of the molecule is O=C(O)c1nc(Cl)c(Cl)c(NN=Cc2cccc(OCc3ccccc3)c2)c1Cl. The summed E-state index contributed by atoms with van der Waals surface area (Å²) in [6.07, 6.45) is 1.51. The summed E-state index contributed by atoms with van der Waals surface area (Å²) >= 11 is 18.0. The van der Waals surface area contributed by atoms with Gasteiger partial charge in [-0.3, -0.25) is 5.43 Å². The second kappa shape index (κ2) is 9.60. The third-order valence-corrected chi connectivity index (χ3v) is 4.84. The Hall–Kier alpha value is -2.80. The zero-order valence-electron chi connectivity index (χ0n) is 14.8. The number of hydrazone groups is 1. The van der Waals surface area contributed by atoms with E-state index < -0.39 is 11.7 Å². The smallest absolute Gasteiger partial charge is 0.356 e. The maximum Gasteiger partial charge on any atom is 0.356 e. The van der Waals surface area contributed by atoms with Crippen LogP contribution < -0.4 is 10.2 Å². The first-order chi connectivity index (χ1) is 14.0. The van der Waals surface area contributed by atoms with Gasteiger partial charge in [-0.1, -0.05) is 77.3 Å². The van der Waals surface area contributed by atoms with Crippen LogP contribution in [0.25, 0.3) is 0 Å². The van der Waals surface area contributed by atoms with Crippen molar-refractivity contribution >= 4 is 52.7 Å². The van der Waals surface area contributed by atoms with Gasteiger partial charge in [0.05, 0.1) is 11.9 Å². The van der Waals surface area contributed by atoms with Crippen LogP contribution in [0.15, 0.2) is 59.7 Å². The van der Waals surface area contributed by atoms with Crippen molar-refractivity contribution in [3.8, 4) is 5.75 Å². The van der Waals surface area contributed by atoms with Crippen LogP contribution in [0.1, 0.15) is 21.6 Å². The Morgan fingerprint density at radius 3 is 2.59 bits per heavy atom. The number of carbonyl (C=O) groups is 1. The number of aromatic nitrogens is 1. The Labute approximate surface area is 181 Å². The summed E-state index contributed by atoms with van der Waals surface area (Å²) in [6, 6.07) is 17.1. The number of nitrogens with zero attached hydrogens (tertiary/aromatic N) is 2. The number of hydrogen-bond donors (Lipinski definition) is 2. The number of carboxylic acids is 1. The van der Waals surface area contributed by atoms with E-state index in [1.165, 1.54) is 6.21 Å². The third-order valence-electron chi connectivity index (χ3n) is 3.74. The molecule has 0 aliphatic heterocycles. The molecule has 3 rings (SSSR count). The van der Waals surface area contributed by atoms with E-state index >= 15 is 0 Å². The van der Waals surface area contributed by atoms with Crippen LogP contribution >= 0.6 is 34.8 Å². The van der Waals surface area contributed by atoms with Gasteiger partial charge >= 0.3 is 5.97 Å². The lowest BCUT2D eigenvalue weighted by atomic mass is 10.2. The molecule has 0 fully saturated rings. The van der Waals surface area contributed by atoms with Crippen LogP contribution in [-0.2, 0) is 6.61 Å². The predicted octanol–water partition coefficient (Wildman–Crippen LogP) is 5.77. The topological polar surface area (TPSA) is 83.8 Å². The quantitative estimate of drug-likeness (QED) is 0.271. The van der Waals surface area contributed by atoms with Crippen LogP contribution in [0.2, 0.25) is 15.2 Å². The summed E-state index contributed by atoms with van der Waals surface area (Å²) in [5, 5.41) is 12.8. The highest BCUT2D eigenvalue weighted by atomic mass is 35.5. The maximum atomic E-state index is 11.2. The summed E-state index contributed by atoms with van der Waals surface area (Å²) < 4.78 is 5.78. The number of hydrogen-bond acceptors (Lipinski definition) is 5. The van der Waals surface area contributed by atoms with Gasteiger partial charge in [0.15, 0.2) is 10.8 Å². The fourth-order valence-corrected chi connectivity index (χ4v) is 3.02. The van der Waals surface area contributed by atoms with Gasteiger partial charge in [-0.15, -0.1) is 0 Å². The first kappa shape index (κ1) is 20.9. The largest absolute Gasteiger partial charge is 0.489 e. The summed E-state index contributed by atoms with van der Waals surface area (Å²) in [5.74, 6) is -0.655. The van der Waals surface area contributed by atoms with Crippen molar-refractivity contribution in [1.29, 1.82) is 0 Å². The van der Waals surface area contributed by atoms with Crippen molar-refractivity contribution in [1.82, 2.24) is 4.98 Å². The number of halogens is 3. The highest BCUT2D eigenvalue weighted by molar-refractivity contribution is 6.46. The van der Waals surface area contributed by atoms with Crippen LogP contribution in [0, 0.1) is 0 Å². The Balaban J connectivity index is 1.72. The number of rotatable bonds is 7. The van der Waals surface area contributed by atoms with Gasteiger partial charge in [-0.25, -0.2) is 9.78 Å². The summed E-state index contributed by atoms with van der Waals surface area (Å²) in [7, 11) is 0. The molecule has 0 aliphatic rings. The Morgan fingerprint density at radius 1 is 1.10 bits per heavy atom. The molecular weight excluding hydrogens is 437 g/mol. The highest BCUT2D eigenvalue weighted by Crippen LogP contribution is 2.36. The lowest BCUT2D eigenvalue weighted by Crippen LogP contribution is -2.05. The normalized spacial score (nSPS) is 10.9. The van der Waals surface area contributed by atoms with Crippen molar-refractivity contribution in [3.63, 3.8) is 0 Å². The van der Waals surface area contributed by atoms with Crippen LogP contribution in [0.5, 0.6) is 5.75 Å². The van der Waals surface area contributed by atoms with Gasteiger partial charge in [0.1, 0.15) is 22.4 Å². The number of nitrogens with one attached hydrogen (secondary N) is 1. The Kier molecular flexibility index (Phi) is 6.93. The number of aromatic carboxylic acids is 1. The molecule has 1 aromatic heterocycles. The molecule has 2 aromatic carbocycles. The van der Waals surface area contributed by atoms with Crippen molar-refractivity contribution in [2.45, 2.75) is 6.61 Å². The Morgan fingerprint density at radius 2 is 1.86 bits per heavy atom. The molecule has 148 valence electrons. The van der Waals surface area contributed by atoms with E-state index in [1.54, 1.807) is 6.07 Å². The van der Waals surface area contributed by atoms with Crippen LogP contribution in [0.3, 0.4) is 0 Å². The molecular formula is C20H14Cl3N3O3. The molecule has 0 unspecified atom stereocenters. The third kappa shape index (κ3) is 5.38. The minimum absolute atomic E-state index is 0.0289. The van der Waals surface area contributed by atoms with Crippen molar-refractivity contribution in [2.24, 2.45) is 5.10 Å². The molecule has 3 aromatic rings. The van der Waals surface area contributed by atoms with Crippen LogP contribution in [0.4, 0.5) is 5.69 Å². The van der Waals surface area contributed by atoms with Crippen molar-refractivity contribution < 1.29 is 14.6 Å². The number of ether oxygens (including phenoxy) is 1. The van der Waals surface area contributed by atoms with Crippen LogP contribution in [-0.4, -0.2) is 22.3 Å². The number of carboxylic acid groups (broad SMARTS) is 1. The maximum absolute atomic E-state index is 11.2. The van der Waals surface area contributed by atoms with Gasteiger partial charge in [0, 0.05) is 0 Å². The van der Waals surface area contributed by atoms with Gasteiger partial charge in [0.2, 0.25) is 0 Å². The molecule has 6 nitrogen and oxygen atoms in total. The lowest BCUT2D eigenvalue weighted by molar-refractivity contribution is 0.0691. The van der Waals surface area contributed by atoms with E-state index in [1.807, 2.05) is 48.5 Å². The molecule has 2 N–H and O–H groups in total. The van der Waals surface area contributed by atoms with E-state index in [9.17, 15) is 4.79 Å². The van der Waals surface area contributed by atoms with E-state index in [4.69, 9.17) is 44.6 Å². The molecule has 0 saturated heterocycles. The molecule has 9 heteroatoms. The van der Waals surface area contributed by atoms with Gasteiger partial charge in [0.25, 0.3) is 0 Å². The first-order valence-electron chi connectivity index (χ1n) is 8.29. The van der Waals surface area contributed by atoms with Gasteiger partial charge in [-0.2, -0.15) is 5.10 Å². The number of benzene rings is 2. The zero-order chi connectivity index (χ0) is 20.8. The molecule has 0 bridgehead atoms. The number of pyridine rings is 1. The molecule has 0 atom stereocenters. The van der Waals surface area contributed by atoms with E-state index in [-0.39, 0.29) is 20.9 Å². The average molecular weight is 451 g/mol. The minimum Gasteiger partial charge on any atom is -0.489 e. The number of anilines is 1. The molecule has 0 radical (unpaired) electrons. The van der Waals surface area contributed by atoms with Gasteiger partial charge in [-0.05, 0) is 23.3 Å². The first-order valence-corrected chi connectivity index (χ1v) is 9.42.